The molecule has 1 aromatic heterocycles. The lowest BCUT2D eigenvalue weighted by Gasteiger charge is -2.28. The maximum Gasteiger partial charge on any atom is 0.293 e. The molecule has 2 saturated carbocycles. The topological polar surface area (TPSA) is 46.9 Å². The van der Waals surface area contributed by atoms with Gasteiger partial charge >= 0.3 is 0 Å². The number of rotatable bonds is 3. The molecular formula is C14H21N3O. The Hall–Kier alpha value is -1.32. The van der Waals surface area contributed by atoms with Crippen LogP contribution >= 0.6 is 0 Å². The fraction of sp³-hybridized carbons (Fsp3) is 0.714. The molecule has 0 aromatic carbocycles. The van der Waals surface area contributed by atoms with Gasteiger partial charge in [-0.1, -0.05) is 6.42 Å². The third kappa shape index (κ3) is 1.93. The predicted octanol–water partition coefficient (Wildman–Crippen LogP) is 2.02. The summed E-state index contributed by atoms with van der Waals surface area (Å²) in [5, 5.41) is 3.33. The van der Waals surface area contributed by atoms with E-state index in [1.165, 1.54) is 25.7 Å². The molecule has 18 heavy (non-hydrogen) atoms. The lowest BCUT2D eigenvalue weighted by molar-refractivity contribution is 0.303. The van der Waals surface area contributed by atoms with Gasteiger partial charge in [-0.3, -0.25) is 4.79 Å². The summed E-state index contributed by atoms with van der Waals surface area (Å²) in [6, 6.07) is 0.350. The summed E-state index contributed by atoms with van der Waals surface area (Å²) in [7, 11) is 1.76. The molecule has 4 atom stereocenters. The second-order valence-electron chi connectivity index (χ2n) is 5.96. The lowest BCUT2D eigenvalue weighted by Crippen LogP contribution is -2.33. The van der Waals surface area contributed by atoms with E-state index in [9.17, 15) is 4.79 Å². The molecule has 0 saturated heterocycles. The highest BCUT2D eigenvalue weighted by Gasteiger charge is 2.41. The Morgan fingerprint density at radius 1 is 1.44 bits per heavy atom. The van der Waals surface area contributed by atoms with Crippen LogP contribution in [0.1, 0.15) is 32.6 Å². The molecule has 1 N–H and O–H groups in total. The summed E-state index contributed by atoms with van der Waals surface area (Å²) >= 11 is 0. The van der Waals surface area contributed by atoms with Gasteiger partial charge in [-0.25, -0.2) is 4.98 Å². The molecule has 4 nitrogen and oxygen atoms in total. The molecule has 2 aliphatic carbocycles. The van der Waals surface area contributed by atoms with E-state index in [1.54, 1.807) is 24.0 Å². The van der Waals surface area contributed by atoms with Crippen molar-refractivity contribution in [1.82, 2.24) is 9.55 Å². The van der Waals surface area contributed by atoms with Crippen molar-refractivity contribution in [3.05, 3.63) is 22.7 Å². The van der Waals surface area contributed by atoms with Crippen LogP contribution in [0.15, 0.2) is 17.2 Å². The third-order valence-corrected chi connectivity index (χ3v) is 4.82. The molecule has 2 aliphatic rings. The summed E-state index contributed by atoms with van der Waals surface area (Å²) in [5.74, 6) is 3.02. The van der Waals surface area contributed by atoms with Gasteiger partial charge in [0.1, 0.15) is 0 Å². The van der Waals surface area contributed by atoms with Crippen molar-refractivity contribution in [3.8, 4) is 0 Å². The highest BCUT2D eigenvalue weighted by Crippen LogP contribution is 2.49. The van der Waals surface area contributed by atoms with Crippen molar-refractivity contribution in [2.24, 2.45) is 24.8 Å². The van der Waals surface area contributed by atoms with E-state index in [-0.39, 0.29) is 5.56 Å². The van der Waals surface area contributed by atoms with Crippen LogP contribution in [0.2, 0.25) is 0 Å². The van der Waals surface area contributed by atoms with E-state index in [2.05, 4.69) is 17.2 Å². The van der Waals surface area contributed by atoms with E-state index < -0.39 is 0 Å². The van der Waals surface area contributed by atoms with Crippen molar-refractivity contribution >= 4 is 5.82 Å². The Labute approximate surface area is 107 Å². The maximum absolute atomic E-state index is 11.9. The van der Waals surface area contributed by atoms with Crippen molar-refractivity contribution in [3.63, 3.8) is 0 Å². The molecule has 3 rings (SSSR count). The molecule has 0 aliphatic heterocycles. The molecule has 0 amide bonds. The van der Waals surface area contributed by atoms with Gasteiger partial charge in [-0.2, -0.15) is 0 Å². The number of nitrogens with zero attached hydrogens (tertiary/aromatic N) is 2. The van der Waals surface area contributed by atoms with Gasteiger partial charge in [-0.15, -0.1) is 0 Å². The Morgan fingerprint density at radius 3 is 2.94 bits per heavy atom. The Balaban J connectivity index is 1.73. The van der Waals surface area contributed by atoms with Crippen LogP contribution in [0.4, 0.5) is 5.82 Å². The number of fused-ring (bicyclic) bond motifs is 2. The minimum absolute atomic E-state index is 0.0347. The first-order chi connectivity index (χ1) is 8.65. The van der Waals surface area contributed by atoms with Crippen molar-refractivity contribution < 1.29 is 0 Å². The monoisotopic (exact) mass is 247 g/mol. The van der Waals surface area contributed by atoms with E-state index in [4.69, 9.17) is 0 Å². The number of nitrogens with one attached hydrogen (secondary N) is 1. The molecular weight excluding hydrogens is 226 g/mol. The lowest BCUT2D eigenvalue weighted by atomic mass is 9.84. The van der Waals surface area contributed by atoms with E-state index in [0.29, 0.717) is 11.9 Å². The average Bonchev–Trinajstić information content (AvgIpc) is 2.97. The largest absolute Gasteiger partial charge is 0.363 e. The number of hydrogen-bond acceptors (Lipinski definition) is 3. The normalized spacial score (nSPS) is 31.6. The minimum Gasteiger partial charge on any atom is -0.363 e. The highest BCUT2D eigenvalue weighted by molar-refractivity contribution is 5.32. The SMILES string of the molecule is CC(Nc1nccn(C)c1=O)C1CC2CCC1C2. The summed E-state index contributed by atoms with van der Waals surface area (Å²) in [5.41, 5.74) is -0.0347. The van der Waals surface area contributed by atoms with Crippen LogP contribution in [0.25, 0.3) is 0 Å². The number of aryl methyl sites for hydroxylation is 1. The molecule has 4 unspecified atom stereocenters. The molecule has 2 fully saturated rings. The summed E-state index contributed by atoms with van der Waals surface area (Å²) in [4.78, 5) is 16.1. The van der Waals surface area contributed by atoms with Crippen LogP contribution in [-0.4, -0.2) is 15.6 Å². The van der Waals surface area contributed by atoms with Gasteiger partial charge in [0.25, 0.3) is 5.56 Å². The van der Waals surface area contributed by atoms with Gasteiger partial charge in [0.05, 0.1) is 0 Å². The Kier molecular flexibility index (Phi) is 2.88. The maximum atomic E-state index is 11.9. The number of aromatic nitrogens is 2. The van der Waals surface area contributed by atoms with Crippen molar-refractivity contribution in [2.45, 2.75) is 38.6 Å². The molecule has 0 spiro atoms. The zero-order valence-electron chi connectivity index (χ0n) is 11.1. The summed E-state index contributed by atoms with van der Waals surface area (Å²) in [6.45, 7) is 2.19. The van der Waals surface area contributed by atoms with Gasteiger partial charge in [0.15, 0.2) is 5.82 Å². The molecule has 0 radical (unpaired) electrons. The zero-order chi connectivity index (χ0) is 12.7. The van der Waals surface area contributed by atoms with Crippen molar-refractivity contribution in [2.75, 3.05) is 5.32 Å². The molecule has 1 aromatic rings. The van der Waals surface area contributed by atoms with Gasteiger partial charge in [0, 0.05) is 25.5 Å². The molecule has 2 bridgehead atoms. The number of hydrogen-bond donors (Lipinski definition) is 1. The van der Waals surface area contributed by atoms with Crippen LogP contribution in [0.5, 0.6) is 0 Å². The van der Waals surface area contributed by atoms with E-state index in [1.807, 2.05) is 0 Å². The van der Waals surface area contributed by atoms with Gasteiger partial charge in [-0.05, 0) is 43.9 Å². The summed E-state index contributed by atoms with van der Waals surface area (Å²) in [6.07, 6.45) is 8.89. The molecule has 98 valence electrons. The third-order valence-electron chi connectivity index (χ3n) is 4.82. The van der Waals surface area contributed by atoms with Gasteiger partial charge in [0.2, 0.25) is 0 Å². The van der Waals surface area contributed by atoms with E-state index >= 15 is 0 Å². The first kappa shape index (κ1) is 11.8. The first-order valence-corrected chi connectivity index (χ1v) is 6.93. The fourth-order valence-electron chi connectivity index (χ4n) is 3.83. The Morgan fingerprint density at radius 2 is 2.28 bits per heavy atom. The van der Waals surface area contributed by atoms with Crippen LogP contribution < -0.4 is 10.9 Å². The quantitative estimate of drug-likeness (QED) is 0.889. The van der Waals surface area contributed by atoms with Crippen LogP contribution in [-0.2, 0) is 7.05 Å². The second kappa shape index (κ2) is 4.41. The van der Waals surface area contributed by atoms with Crippen LogP contribution in [0, 0.1) is 17.8 Å². The first-order valence-electron chi connectivity index (χ1n) is 6.93. The van der Waals surface area contributed by atoms with Crippen LogP contribution in [0.3, 0.4) is 0 Å². The minimum atomic E-state index is -0.0347. The van der Waals surface area contributed by atoms with E-state index in [0.717, 1.165) is 17.8 Å². The summed E-state index contributed by atoms with van der Waals surface area (Å²) < 4.78 is 1.57. The standard InChI is InChI=1S/C14H21N3O/c1-9(12-8-10-3-4-11(12)7-10)16-13-14(18)17(2)6-5-15-13/h5-6,9-12H,3-4,7-8H2,1-2H3,(H,15,16). The zero-order valence-corrected chi connectivity index (χ0v) is 11.1. The highest BCUT2D eigenvalue weighted by atomic mass is 16.1. The predicted molar refractivity (Wildman–Crippen MR) is 71.5 cm³/mol. The fourth-order valence-corrected chi connectivity index (χ4v) is 3.83. The molecule has 4 heteroatoms. The Bertz CT molecular complexity index is 496. The smallest absolute Gasteiger partial charge is 0.293 e. The van der Waals surface area contributed by atoms with Crippen molar-refractivity contribution in [1.29, 1.82) is 0 Å². The molecule has 1 heterocycles. The van der Waals surface area contributed by atoms with Gasteiger partial charge < -0.3 is 9.88 Å². The second-order valence-corrected chi connectivity index (χ2v) is 5.96. The number of anilines is 1. The average molecular weight is 247 g/mol.